The zero-order valence-corrected chi connectivity index (χ0v) is 18.7. The van der Waals surface area contributed by atoms with Gasteiger partial charge in [-0.15, -0.1) is 0 Å². The number of H-pyrrole nitrogens is 1. The molecule has 170 valence electrons. The zero-order valence-electron chi connectivity index (χ0n) is 18.7. The van der Waals surface area contributed by atoms with Gasteiger partial charge >= 0.3 is 0 Å². The second kappa shape index (κ2) is 9.88. The summed E-state index contributed by atoms with van der Waals surface area (Å²) >= 11 is 0. The van der Waals surface area contributed by atoms with Gasteiger partial charge in [0.15, 0.2) is 11.5 Å². The Kier molecular flexibility index (Phi) is 6.55. The number of aromatic amines is 1. The number of nitro benzene ring substituents is 1. The van der Waals surface area contributed by atoms with Crippen LogP contribution in [0.2, 0.25) is 0 Å². The molecule has 0 saturated heterocycles. The number of aromatic nitrogens is 2. The molecule has 8 nitrogen and oxygen atoms in total. The van der Waals surface area contributed by atoms with Crippen LogP contribution >= 0.6 is 0 Å². The van der Waals surface area contributed by atoms with Crippen LogP contribution in [0.25, 0.3) is 22.7 Å². The fraction of sp³-hybridized carbons (Fsp3) is 0.154. The van der Waals surface area contributed by atoms with Crippen molar-refractivity contribution >= 4 is 28.4 Å². The number of hydrogen-bond acceptors (Lipinski definition) is 6. The number of aryl methyl sites for hydroxylation is 1. The van der Waals surface area contributed by atoms with E-state index in [1.165, 1.54) is 12.1 Å². The van der Waals surface area contributed by atoms with Crippen molar-refractivity contribution in [2.75, 3.05) is 6.61 Å². The lowest BCUT2D eigenvalue weighted by atomic mass is 10.1. The predicted molar refractivity (Wildman–Crippen MR) is 129 cm³/mol. The van der Waals surface area contributed by atoms with Crippen LogP contribution in [-0.4, -0.2) is 21.5 Å². The molecule has 0 unspecified atom stereocenters. The van der Waals surface area contributed by atoms with E-state index in [0.717, 1.165) is 27.7 Å². The van der Waals surface area contributed by atoms with Crippen molar-refractivity contribution in [3.8, 4) is 17.6 Å². The van der Waals surface area contributed by atoms with E-state index in [1.54, 1.807) is 30.3 Å². The summed E-state index contributed by atoms with van der Waals surface area (Å²) in [5.41, 5.74) is 4.77. The van der Waals surface area contributed by atoms with Crippen LogP contribution in [0.1, 0.15) is 29.4 Å². The molecule has 0 aliphatic heterocycles. The molecule has 4 aromatic rings. The minimum Gasteiger partial charge on any atom is -0.490 e. The second-order valence-corrected chi connectivity index (χ2v) is 7.63. The fourth-order valence-electron chi connectivity index (χ4n) is 3.45. The Morgan fingerprint density at radius 1 is 1.12 bits per heavy atom. The minimum absolute atomic E-state index is 0.0304. The molecule has 1 aromatic heterocycles. The molecule has 0 bridgehead atoms. The molecule has 1 N–H and O–H groups in total. The number of hydrogen-bond donors (Lipinski definition) is 1. The molecule has 0 radical (unpaired) electrons. The monoisotopic (exact) mass is 454 g/mol. The van der Waals surface area contributed by atoms with Gasteiger partial charge in [0.2, 0.25) is 0 Å². The molecule has 0 atom stereocenters. The molecule has 0 spiro atoms. The molecule has 34 heavy (non-hydrogen) atoms. The van der Waals surface area contributed by atoms with Gasteiger partial charge in [-0.25, -0.2) is 4.98 Å². The number of non-ortho nitro benzene ring substituents is 1. The van der Waals surface area contributed by atoms with Gasteiger partial charge < -0.3 is 14.5 Å². The van der Waals surface area contributed by atoms with Crippen LogP contribution in [0.15, 0.2) is 60.7 Å². The first kappa shape index (κ1) is 22.6. The molecule has 0 saturated carbocycles. The van der Waals surface area contributed by atoms with Crippen LogP contribution in [0, 0.1) is 28.4 Å². The molecule has 0 amide bonds. The van der Waals surface area contributed by atoms with Gasteiger partial charge in [-0.2, -0.15) is 5.26 Å². The Bertz CT molecular complexity index is 1420. The van der Waals surface area contributed by atoms with Crippen molar-refractivity contribution in [1.82, 2.24) is 9.97 Å². The molecule has 0 fully saturated rings. The summed E-state index contributed by atoms with van der Waals surface area (Å²) in [6, 6.07) is 19.7. The third-order valence-electron chi connectivity index (χ3n) is 5.13. The van der Waals surface area contributed by atoms with Crippen molar-refractivity contribution in [3.63, 3.8) is 0 Å². The Morgan fingerprint density at radius 3 is 2.62 bits per heavy atom. The van der Waals surface area contributed by atoms with Crippen molar-refractivity contribution in [1.29, 1.82) is 5.26 Å². The first-order valence-electron chi connectivity index (χ1n) is 10.7. The highest BCUT2D eigenvalue weighted by atomic mass is 16.6. The molecule has 8 heteroatoms. The molecule has 0 aliphatic rings. The van der Waals surface area contributed by atoms with E-state index in [0.29, 0.717) is 29.5 Å². The van der Waals surface area contributed by atoms with Crippen molar-refractivity contribution in [2.45, 2.75) is 20.5 Å². The van der Waals surface area contributed by atoms with Crippen LogP contribution in [0.4, 0.5) is 5.69 Å². The number of benzene rings is 3. The van der Waals surface area contributed by atoms with E-state index in [4.69, 9.17) is 9.47 Å². The van der Waals surface area contributed by atoms with Gasteiger partial charge in [0.25, 0.3) is 5.69 Å². The summed E-state index contributed by atoms with van der Waals surface area (Å²) in [4.78, 5) is 18.1. The van der Waals surface area contributed by atoms with Crippen molar-refractivity contribution in [2.24, 2.45) is 0 Å². The lowest BCUT2D eigenvalue weighted by Gasteiger charge is -2.13. The smallest absolute Gasteiger partial charge is 0.269 e. The minimum atomic E-state index is -0.439. The first-order chi connectivity index (χ1) is 16.5. The molecule has 4 rings (SSSR count). The summed E-state index contributed by atoms with van der Waals surface area (Å²) in [6.07, 6.45) is 1.74. The average molecular weight is 454 g/mol. The van der Waals surface area contributed by atoms with E-state index in [1.807, 2.05) is 38.1 Å². The number of fused-ring (bicyclic) bond motifs is 1. The van der Waals surface area contributed by atoms with Gasteiger partial charge in [-0.05, 0) is 73.0 Å². The van der Waals surface area contributed by atoms with Crippen LogP contribution < -0.4 is 9.47 Å². The Labute approximate surface area is 196 Å². The second-order valence-electron chi connectivity index (χ2n) is 7.63. The van der Waals surface area contributed by atoms with Gasteiger partial charge in [-0.1, -0.05) is 12.1 Å². The maximum atomic E-state index is 10.8. The Balaban J connectivity index is 1.57. The predicted octanol–water partition coefficient (Wildman–Crippen LogP) is 5.82. The van der Waals surface area contributed by atoms with Crippen LogP contribution in [-0.2, 0) is 6.61 Å². The van der Waals surface area contributed by atoms with E-state index in [-0.39, 0.29) is 12.3 Å². The highest BCUT2D eigenvalue weighted by Crippen LogP contribution is 2.31. The number of nitrogens with zero attached hydrogens (tertiary/aromatic N) is 3. The Hall–Kier alpha value is -4.64. The maximum Gasteiger partial charge on any atom is 0.269 e. The quantitative estimate of drug-likeness (QED) is 0.204. The number of nitro groups is 1. The highest BCUT2D eigenvalue weighted by molar-refractivity contribution is 5.90. The summed E-state index contributed by atoms with van der Waals surface area (Å²) in [5.74, 6) is 1.57. The SMILES string of the molecule is CCOc1cc(C=C(C#N)c2nc3ccc(C)cc3[nH]2)ccc1OCc1ccc([N+](=O)[O-])cc1. The van der Waals surface area contributed by atoms with Gasteiger partial charge in [0, 0.05) is 12.1 Å². The highest BCUT2D eigenvalue weighted by Gasteiger charge is 2.11. The Morgan fingerprint density at radius 2 is 1.91 bits per heavy atom. The van der Waals surface area contributed by atoms with Crippen molar-refractivity contribution < 1.29 is 14.4 Å². The fourth-order valence-corrected chi connectivity index (χ4v) is 3.45. The zero-order chi connectivity index (χ0) is 24.1. The van der Waals surface area contributed by atoms with Gasteiger partial charge in [-0.3, -0.25) is 10.1 Å². The van der Waals surface area contributed by atoms with E-state index in [2.05, 4.69) is 16.0 Å². The lowest BCUT2D eigenvalue weighted by Crippen LogP contribution is -2.00. The molecular formula is C26H22N4O4. The topological polar surface area (TPSA) is 114 Å². The largest absolute Gasteiger partial charge is 0.490 e. The molecule has 1 heterocycles. The number of ether oxygens (including phenoxy) is 2. The lowest BCUT2D eigenvalue weighted by molar-refractivity contribution is -0.384. The number of allylic oxidation sites excluding steroid dienone is 1. The normalized spacial score (nSPS) is 11.3. The number of nitrogens with one attached hydrogen (secondary N) is 1. The van der Waals surface area contributed by atoms with Crippen LogP contribution in [0.5, 0.6) is 11.5 Å². The number of rotatable bonds is 8. The van der Waals surface area contributed by atoms with Crippen LogP contribution in [0.3, 0.4) is 0 Å². The summed E-state index contributed by atoms with van der Waals surface area (Å²) in [7, 11) is 0. The standard InChI is InChI=1S/C26H22N4O4/c1-3-33-25-14-19(7-11-24(25)34-16-18-5-8-21(9-6-18)30(31)32)13-20(15-27)26-28-22-10-4-17(2)12-23(22)29-26/h4-14H,3,16H2,1-2H3,(H,28,29). The van der Waals surface area contributed by atoms with Crippen molar-refractivity contribution in [3.05, 3.63) is 93.3 Å². The molecule has 0 aliphatic carbocycles. The average Bonchev–Trinajstić information content (AvgIpc) is 3.25. The van der Waals surface area contributed by atoms with E-state index >= 15 is 0 Å². The maximum absolute atomic E-state index is 10.8. The summed E-state index contributed by atoms with van der Waals surface area (Å²) < 4.78 is 11.6. The van der Waals surface area contributed by atoms with Gasteiger partial charge in [0.05, 0.1) is 28.1 Å². The summed E-state index contributed by atoms with van der Waals surface area (Å²) in [5, 5.41) is 20.6. The number of nitriles is 1. The third kappa shape index (κ3) is 5.05. The molecular weight excluding hydrogens is 432 g/mol. The number of imidazole rings is 1. The molecule has 3 aromatic carbocycles. The van der Waals surface area contributed by atoms with E-state index in [9.17, 15) is 15.4 Å². The van der Waals surface area contributed by atoms with Gasteiger partial charge in [0.1, 0.15) is 18.5 Å². The summed E-state index contributed by atoms with van der Waals surface area (Å²) in [6.45, 7) is 4.55. The first-order valence-corrected chi connectivity index (χ1v) is 10.7. The third-order valence-corrected chi connectivity index (χ3v) is 5.13. The van der Waals surface area contributed by atoms with E-state index < -0.39 is 4.92 Å².